The summed E-state index contributed by atoms with van der Waals surface area (Å²) < 4.78 is 0. The van der Waals surface area contributed by atoms with Gasteiger partial charge in [-0.3, -0.25) is 5.32 Å². The van der Waals surface area contributed by atoms with E-state index in [-0.39, 0.29) is 12.1 Å². The molecule has 0 aliphatic carbocycles. The number of hydrogen-bond donors (Lipinski definition) is 1. The molecule has 0 saturated carbocycles. The molecule has 0 radical (unpaired) electrons. The quantitative estimate of drug-likeness (QED) is 0.924. The third kappa shape index (κ3) is 3.59. The Balaban J connectivity index is 2.08. The van der Waals surface area contributed by atoms with Crippen LogP contribution >= 0.6 is 22.7 Å². The number of hydrogen-bond acceptors (Lipinski definition) is 5. The molecule has 21 heavy (non-hydrogen) atoms. The molecule has 0 spiro atoms. The molecule has 7 heteroatoms. The number of carbonyl (C=O) groups is 1. The number of anilines is 1. The van der Waals surface area contributed by atoms with Crippen LogP contribution in [0.25, 0.3) is 0 Å². The van der Waals surface area contributed by atoms with Gasteiger partial charge in [-0.15, -0.1) is 22.7 Å². The Labute approximate surface area is 133 Å². The first-order valence-electron chi connectivity index (χ1n) is 6.84. The van der Waals surface area contributed by atoms with Crippen LogP contribution in [0, 0.1) is 13.8 Å². The minimum atomic E-state index is -0.150. The highest BCUT2D eigenvalue weighted by molar-refractivity contribution is 7.14. The molecule has 1 N–H and O–H groups in total. The van der Waals surface area contributed by atoms with Crippen LogP contribution in [0.5, 0.6) is 0 Å². The van der Waals surface area contributed by atoms with Crippen LogP contribution in [0.3, 0.4) is 0 Å². The highest BCUT2D eigenvalue weighted by Gasteiger charge is 2.22. The predicted octanol–water partition coefficient (Wildman–Crippen LogP) is 4.00. The summed E-state index contributed by atoms with van der Waals surface area (Å²) in [5, 5.41) is 6.49. The highest BCUT2D eigenvalue weighted by Crippen LogP contribution is 2.29. The number of nitrogens with one attached hydrogen (secondary N) is 1. The minimum absolute atomic E-state index is 0.0103. The van der Waals surface area contributed by atoms with Gasteiger partial charge in [-0.25, -0.2) is 14.8 Å². The number of thiazole rings is 2. The first kappa shape index (κ1) is 15.9. The van der Waals surface area contributed by atoms with Gasteiger partial charge in [0.1, 0.15) is 0 Å². The summed E-state index contributed by atoms with van der Waals surface area (Å²) in [6, 6.07) is -0.161. The average Bonchev–Trinajstić information content (AvgIpc) is 3.03. The number of carbonyl (C=O) groups excluding carboxylic acids is 1. The smallest absolute Gasteiger partial charge is 0.320 e. The molecule has 2 rings (SSSR count). The standard InChI is InChI=1S/C14H20N4OS2/c1-6-11-16-9(3)12(21-11)10(4)18(5)14(19)17-13-15-8(2)7-20-13/h7,10H,6H2,1-5H3,(H,15,17,19)/t10-/m0/s1. The van der Waals surface area contributed by atoms with Gasteiger partial charge in [0.15, 0.2) is 5.13 Å². The molecule has 5 nitrogen and oxygen atoms in total. The van der Waals surface area contributed by atoms with Crippen molar-refractivity contribution in [2.24, 2.45) is 0 Å². The molecule has 0 unspecified atom stereocenters. The molecule has 0 aliphatic rings. The van der Waals surface area contributed by atoms with E-state index in [1.165, 1.54) is 11.3 Å². The fraction of sp³-hybridized carbons (Fsp3) is 0.500. The molecule has 0 aliphatic heterocycles. The number of aryl methyl sites for hydroxylation is 3. The number of urea groups is 1. The van der Waals surface area contributed by atoms with Crippen LogP contribution in [-0.4, -0.2) is 27.9 Å². The number of rotatable bonds is 4. The molecule has 2 aromatic heterocycles. The van der Waals surface area contributed by atoms with Crippen molar-refractivity contribution < 1.29 is 4.79 Å². The Morgan fingerprint density at radius 2 is 2.14 bits per heavy atom. The van der Waals surface area contributed by atoms with Crippen LogP contribution in [-0.2, 0) is 6.42 Å². The number of amides is 2. The van der Waals surface area contributed by atoms with Crippen molar-refractivity contribution in [3.05, 3.63) is 26.7 Å². The molecule has 2 amide bonds. The normalized spacial score (nSPS) is 12.2. The molecule has 0 aromatic carbocycles. The molecule has 2 aromatic rings. The second-order valence-electron chi connectivity index (χ2n) is 4.92. The zero-order chi connectivity index (χ0) is 15.6. The van der Waals surface area contributed by atoms with Gasteiger partial charge in [-0.2, -0.15) is 0 Å². The summed E-state index contributed by atoms with van der Waals surface area (Å²) >= 11 is 3.11. The Kier molecular flexibility index (Phi) is 4.95. The Morgan fingerprint density at radius 3 is 2.67 bits per heavy atom. The lowest BCUT2D eigenvalue weighted by Crippen LogP contribution is -2.33. The van der Waals surface area contributed by atoms with Crippen molar-refractivity contribution in [3.8, 4) is 0 Å². The second-order valence-corrected chi connectivity index (χ2v) is 6.90. The largest absolute Gasteiger partial charge is 0.323 e. The zero-order valence-electron chi connectivity index (χ0n) is 12.9. The summed E-state index contributed by atoms with van der Waals surface area (Å²) in [7, 11) is 1.80. The van der Waals surface area contributed by atoms with E-state index in [2.05, 4.69) is 22.2 Å². The summed E-state index contributed by atoms with van der Waals surface area (Å²) in [5.41, 5.74) is 1.92. The highest BCUT2D eigenvalue weighted by atomic mass is 32.1. The van der Waals surface area contributed by atoms with Gasteiger partial charge < -0.3 is 4.90 Å². The van der Waals surface area contributed by atoms with Gasteiger partial charge in [0, 0.05) is 17.3 Å². The van der Waals surface area contributed by atoms with E-state index < -0.39 is 0 Å². The maximum atomic E-state index is 12.3. The summed E-state index contributed by atoms with van der Waals surface area (Å²) in [6.45, 7) is 8.02. The molecule has 0 fully saturated rings. The van der Waals surface area contributed by atoms with E-state index in [4.69, 9.17) is 0 Å². The van der Waals surface area contributed by atoms with Crippen molar-refractivity contribution in [3.63, 3.8) is 0 Å². The molecule has 114 valence electrons. The number of nitrogens with zero attached hydrogens (tertiary/aromatic N) is 3. The molecule has 2 heterocycles. The molecule has 1 atom stereocenters. The van der Waals surface area contributed by atoms with Crippen molar-refractivity contribution >= 4 is 33.8 Å². The Morgan fingerprint density at radius 1 is 1.43 bits per heavy atom. The van der Waals surface area contributed by atoms with Crippen LogP contribution in [0.15, 0.2) is 5.38 Å². The molecular weight excluding hydrogens is 304 g/mol. The van der Waals surface area contributed by atoms with Gasteiger partial charge in [-0.1, -0.05) is 6.92 Å². The molecular formula is C14H20N4OS2. The van der Waals surface area contributed by atoms with E-state index in [0.29, 0.717) is 5.13 Å². The fourth-order valence-electron chi connectivity index (χ4n) is 1.95. The maximum absolute atomic E-state index is 12.3. The van der Waals surface area contributed by atoms with Crippen molar-refractivity contribution in [1.29, 1.82) is 0 Å². The molecule has 0 saturated heterocycles. The summed E-state index contributed by atoms with van der Waals surface area (Å²) in [5.74, 6) is 0. The van der Waals surface area contributed by atoms with Gasteiger partial charge in [0.25, 0.3) is 0 Å². The first-order valence-corrected chi connectivity index (χ1v) is 8.54. The third-order valence-corrected chi connectivity index (χ3v) is 5.64. The fourth-order valence-corrected chi connectivity index (χ4v) is 3.73. The van der Waals surface area contributed by atoms with Gasteiger partial charge in [0.05, 0.1) is 22.4 Å². The van der Waals surface area contributed by atoms with E-state index in [1.54, 1.807) is 23.3 Å². The van der Waals surface area contributed by atoms with E-state index in [1.807, 2.05) is 26.2 Å². The van der Waals surface area contributed by atoms with Crippen LogP contribution < -0.4 is 5.32 Å². The van der Waals surface area contributed by atoms with Crippen molar-refractivity contribution in [2.75, 3.05) is 12.4 Å². The van der Waals surface area contributed by atoms with Gasteiger partial charge >= 0.3 is 6.03 Å². The van der Waals surface area contributed by atoms with E-state index in [0.717, 1.165) is 27.7 Å². The van der Waals surface area contributed by atoms with E-state index in [9.17, 15) is 4.79 Å². The monoisotopic (exact) mass is 324 g/mol. The topological polar surface area (TPSA) is 58.1 Å². The summed E-state index contributed by atoms with van der Waals surface area (Å²) in [4.78, 5) is 23.9. The predicted molar refractivity (Wildman–Crippen MR) is 88.3 cm³/mol. The second kappa shape index (κ2) is 6.53. The van der Waals surface area contributed by atoms with E-state index >= 15 is 0 Å². The van der Waals surface area contributed by atoms with Crippen LogP contribution in [0.2, 0.25) is 0 Å². The zero-order valence-corrected chi connectivity index (χ0v) is 14.6. The average molecular weight is 324 g/mol. The third-order valence-electron chi connectivity index (χ3n) is 3.29. The Hall–Kier alpha value is -1.47. The number of aromatic nitrogens is 2. The SMILES string of the molecule is CCc1nc(C)c([C@H](C)N(C)C(=O)Nc2nc(C)cs2)s1. The van der Waals surface area contributed by atoms with Gasteiger partial charge in [0.2, 0.25) is 0 Å². The first-order chi connectivity index (χ1) is 9.92. The maximum Gasteiger partial charge on any atom is 0.323 e. The Bertz CT molecular complexity index is 635. The molecule has 0 bridgehead atoms. The lowest BCUT2D eigenvalue weighted by Gasteiger charge is -2.24. The summed E-state index contributed by atoms with van der Waals surface area (Å²) in [6.07, 6.45) is 0.923. The lowest BCUT2D eigenvalue weighted by atomic mass is 10.2. The van der Waals surface area contributed by atoms with Crippen molar-refractivity contribution in [1.82, 2.24) is 14.9 Å². The minimum Gasteiger partial charge on any atom is -0.320 e. The van der Waals surface area contributed by atoms with Crippen LogP contribution in [0.1, 0.15) is 41.2 Å². The van der Waals surface area contributed by atoms with Crippen molar-refractivity contribution in [2.45, 2.75) is 40.2 Å². The lowest BCUT2D eigenvalue weighted by molar-refractivity contribution is 0.209. The van der Waals surface area contributed by atoms with Gasteiger partial charge in [-0.05, 0) is 27.2 Å². The van der Waals surface area contributed by atoms with Crippen LogP contribution in [0.4, 0.5) is 9.93 Å².